The van der Waals surface area contributed by atoms with Crippen molar-refractivity contribution in [1.29, 1.82) is 0 Å². The second-order valence-electron chi connectivity index (χ2n) is 13.8. The van der Waals surface area contributed by atoms with Gasteiger partial charge in [0.15, 0.2) is 0 Å². The van der Waals surface area contributed by atoms with Gasteiger partial charge in [0.2, 0.25) is 0 Å². The zero-order chi connectivity index (χ0) is 28.2. The summed E-state index contributed by atoms with van der Waals surface area (Å²) in [6.45, 7) is 26.9. The van der Waals surface area contributed by atoms with Crippen molar-refractivity contribution < 1.29 is 24.2 Å². The third-order valence-corrected chi connectivity index (χ3v) is 6.74. The number of rotatable bonds is 2. The van der Waals surface area contributed by atoms with Gasteiger partial charge in [-0.15, -0.1) is 39.7 Å². The number of benzene rings is 2. The topological polar surface area (TPSA) is 0 Å². The summed E-state index contributed by atoms with van der Waals surface area (Å²) in [4.78, 5) is 0. The van der Waals surface area contributed by atoms with Gasteiger partial charge in [0, 0.05) is 0 Å². The van der Waals surface area contributed by atoms with Crippen molar-refractivity contribution in [3.63, 3.8) is 0 Å². The molecule has 0 aromatic heterocycles. The van der Waals surface area contributed by atoms with E-state index in [9.17, 15) is 0 Å². The molecule has 0 spiro atoms. The molecule has 0 nitrogen and oxygen atoms in total. The zero-order valence-corrected chi connectivity index (χ0v) is 28.1. The van der Waals surface area contributed by atoms with Crippen LogP contribution >= 0.6 is 0 Å². The predicted molar refractivity (Wildman–Crippen MR) is 165 cm³/mol. The van der Waals surface area contributed by atoms with Crippen LogP contribution < -0.4 is 0 Å². The standard InChI is InChI=1S/C21H25.C12H19.C3H6.Zr/c1-20(2,3)16-9-7-14-11-15-8-10-17(21(4,5)6)13-19(15)18(14)12-16;1-5-6-10-7-8-11(9-10)12(2,3)4;1-3-2;/h7-13H,1-6H3;8-10H,5-6H2,1-4H3;1-2H3;/q2*-1;;+2. The number of hydrogen-bond acceptors (Lipinski definition) is 0. The molecule has 0 bridgehead atoms. The van der Waals surface area contributed by atoms with Crippen molar-refractivity contribution in [3.8, 4) is 0 Å². The van der Waals surface area contributed by atoms with Gasteiger partial charge >= 0.3 is 41.3 Å². The van der Waals surface area contributed by atoms with Gasteiger partial charge in [0.25, 0.3) is 0 Å². The van der Waals surface area contributed by atoms with Crippen molar-refractivity contribution in [2.45, 2.75) is 107 Å². The average Bonchev–Trinajstić information content (AvgIpc) is 3.36. The van der Waals surface area contributed by atoms with E-state index in [0.717, 1.165) is 0 Å². The van der Waals surface area contributed by atoms with Gasteiger partial charge < -0.3 is 0 Å². The van der Waals surface area contributed by atoms with Crippen LogP contribution in [0.15, 0.2) is 60.2 Å². The molecule has 0 saturated heterocycles. The number of fused-ring (bicyclic) bond motifs is 3. The Morgan fingerprint density at radius 3 is 1.54 bits per heavy atom. The fourth-order valence-corrected chi connectivity index (χ4v) is 4.39. The number of allylic oxidation sites excluding steroid dienone is 4. The predicted octanol–water partition coefficient (Wildman–Crippen LogP) is 10.8. The van der Waals surface area contributed by atoms with Crippen molar-refractivity contribution in [2.24, 2.45) is 11.3 Å². The molecule has 0 saturated carbocycles. The minimum atomic E-state index is 0.194. The first kappa shape index (κ1) is 31.8. The van der Waals surface area contributed by atoms with E-state index in [0.29, 0.717) is 11.3 Å². The SMILES string of the molecule is CC(C)(C)c1ccc2[cH-]c3ccc(C(C)(C)C)cc3c2c1.CCCC1[C-]=CC(C(C)(C)C)=C1.C[C](C)=[Zr+2]. The molecular weight excluding hydrogens is 524 g/mol. The van der Waals surface area contributed by atoms with Crippen LogP contribution in [-0.4, -0.2) is 3.21 Å². The Hall–Kier alpha value is -1.46. The molecule has 3 aromatic carbocycles. The van der Waals surface area contributed by atoms with Crippen molar-refractivity contribution in [3.05, 3.63) is 77.4 Å². The Balaban J connectivity index is 0.000000254. The van der Waals surface area contributed by atoms with Gasteiger partial charge in [-0.2, -0.15) is 11.6 Å². The first-order valence-electron chi connectivity index (χ1n) is 13.9. The third-order valence-electron chi connectivity index (χ3n) is 6.74. The Morgan fingerprint density at radius 2 is 1.22 bits per heavy atom. The molecule has 4 rings (SSSR count). The molecular formula is C36H50Zr. The van der Waals surface area contributed by atoms with E-state index in [-0.39, 0.29) is 10.8 Å². The molecule has 0 N–H and O–H groups in total. The van der Waals surface area contributed by atoms with Crippen LogP contribution in [0.4, 0.5) is 0 Å². The molecule has 3 aromatic rings. The summed E-state index contributed by atoms with van der Waals surface area (Å²) in [7, 11) is 0. The monoisotopic (exact) mass is 572 g/mol. The fourth-order valence-electron chi connectivity index (χ4n) is 4.39. The summed E-state index contributed by atoms with van der Waals surface area (Å²) < 4.78 is 1.51. The summed E-state index contributed by atoms with van der Waals surface area (Å²) in [5, 5.41) is 5.49. The molecule has 0 heterocycles. The van der Waals surface area contributed by atoms with E-state index in [1.807, 2.05) is 0 Å². The maximum absolute atomic E-state index is 3.40. The molecule has 1 aliphatic rings. The molecule has 198 valence electrons. The van der Waals surface area contributed by atoms with Crippen LogP contribution in [0.25, 0.3) is 21.5 Å². The quantitative estimate of drug-likeness (QED) is 0.267. The van der Waals surface area contributed by atoms with Crippen LogP contribution in [-0.2, 0) is 35.1 Å². The van der Waals surface area contributed by atoms with Crippen LogP contribution in [0.2, 0.25) is 0 Å². The summed E-state index contributed by atoms with van der Waals surface area (Å²) in [6, 6.07) is 16.1. The maximum atomic E-state index is 3.40. The van der Waals surface area contributed by atoms with Gasteiger partial charge in [-0.3, -0.25) is 6.08 Å². The van der Waals surface area contributed by atoms with Gasteiger partial charge in [-0.05, 0) is 10.8 Å². The zero-order valence-electron chi connectivity index (χ0n) is 25.7. The Labute approximate surface area is 243 Å². The van der Waals surface area contributed by atoms with Gasteiger partial charge in [-0.1, -0.05) is 129 Å². The van der Waals surface area contributed by atoms with E-state index in [1.165, 1.54) is 54.3 Å². The minimum absolute atomic E-state index is 0.194. The van der Waals surface area contributed by atoms with Gasteiger partial charge in [0.05, 0.1) is 0 Å². The molecule has 0 radical (unpaired) electrons. The van der Waals surface area contributed by atoms with E-state index < -0.39 is 0 Å². The Bertz CT molecular complexity index is 1180. The average molecular weight is 574 g/mol. The van der Waals surface area contributed by atoms with Gasteiger partial charge in [-0.25, -0.2) is 6.08 Å². The summed E-state index contributed by atoms with van der Waals surface area (Å²) in [6.07, 6.45) is 10.4. The summed E-state index contributed by atoms with van der Waals surface area (Å²) in [5.74, 6) is 0.587. The van der Waals surface area contributed by atoms with Crippen molar-refractivity contribution in [1.82, 2.24) is 0 Å². The van der Waals surface area contributed by atoms with E-state index in [2.05, 4.69) is 144 Å². The molecule has 0 amide bonds. The molecule has 1 aliphatic carbocycles. The van der Waals surface area contributed by atoms with Crippen molar-refractivity contribution >= 4 is 24.8 Å². The van der Waals surface area contributed by atoms with E-state index in [4.69, 9.17) is 0 Å². The van der Waals surface area contributed by atoms with E-state index in [1.54, 1.807) is 24.2 Å². The first-order valence-corrected chi connectivity index (χ1v) is 15.1. The molecule has 0 fully saturated rings. The molecule has 1 unspecified atom stereocenters. The molecule has 1 heteroatoms. The van der Waals surface area contributed by atoms with Gasteiger partial charge in [0.1, 0.15) is 0 Å². The van der Waals surface area contributed by atoms with Crippen LogP contribution in [0.3, 0.4) is 0 Å². The summed E-state index contributed by atoms with van der Waals surface area (Å²) in [5.41, 5.74) is 4.95. The molecule has 1 atom stereocenters. The van der Waals surface area contributed by atoms with E-state index >= 15 is 0 Å². The van der Waals surface area contributed by atoms with Crippen molar-refractivity contribution in [2.75, 3.05) is 0 Å². The fraction of sp³-hybridized carbons (Fsp3) is 0.500. The van der Waals surface area contributed by atoms with Crippen LogP contribution in [0.1, 0.15) is 107 Å². The van der Waals surface area contributed by atoms with Crippen LogP contribution in [0, 0.1) is 17.4 Å². The Morgan fingerprint density at radius 1 is 0.784 bits per heavy atom. The van der Waals surface area contributed by atoms with Crippen LogP contribution in [0.5, 0.6) is 0 Å². The number of hydrogen-bond donors (Lipinski definition) is 0. The summed E-state index contributed by atoms with van der Waals surface area (Å²) >= 11 is 1.55. The normalized spacial score (nSPS) is 15.7. The second kappa shape index (κ2) is 12.6. The third kappa shape index (κ3) is 9.35. The molecule has 0 aliphatic heterocycles. The molecule has 37 heavy (non-hydrogen) atoms. The Kier molecular flexibility index (Phi) is 10.8. The second-order valence-corrected chi connectivity index (χ2v) is 16.3. The first-order chi connectivity index (χ1) is 16.9.